The lowest BCUT2D eigenvalue weighted by atomic mass is 9.93. The molecule has 1 aliphatic heterocycles. The van der Waals surface area contributed by atoms with Crippen LogP contribution in [0.5, 0.6) is 0 Å². The molecule has 1 fully saturated rings. The Morgan fingerprint density at radius 2 is 2.00 bits per heavy atom. The molecule has 1 heterocycles. The highest BCUT2D eigenvalue weighted by atomic mass is 16.4. The Labute approximate surface area is 69.4 Å². The Balaban J connectivity index is 2.52. The van der Waals surface area contributed by atoms with E-state index in [-0.39, 0.29) is 12.3 Å². The fourth-order valence-corrected chi connectivity index (χ4v) is 1.46. The average molecular weight is 173 g/mol. The van der Waals surface area contributed by atoms with Gasteiger partial charge in [-0.05, 0) is 12.5 Å². The molecule has 5 nitrogen and oxygen atoms in total. The number of hydrogen-bond donors (Lipinski definition) is 3. The quantitative estimate of drug-likeness (QED) is 0.529. The minimum atomic E-state index is -0.935. The number of carboxylic acid groups (broad SMARTS) is 2. The zero-order valence-electron chi connectivity index (χ0n) is 6.49. The molecule has 0 spiro atoms. The van der Waals surface area contributed by atoms with Crippen LogP contribution in [-0.4, -0.2) is 35.2 Å². The maximum absolute atomic E-state index is 10.6. The van der Waals surface area contributed by atoms with E-state index in [1.54, 1.807) is 0 Å². The van der Waals surface area contributed by atoms with Crippen molar-refractivity contribution in [2.24, 2.45) is 11.8 Å². The van der Waals surface area contributed by atoms with Gasteiger partial charge in [-0.25, -0.2) is 0 Å². The minimum Gasteiger partial charge on any atom is -0.481 e. The van der Waals surface area contributed by atoms with Gasteiger partial charge < -0.3 is 15.5 Å². The summed E-state index contributed by atoms with van der Waals surface area (Å²) in [6.07, 6.45) is -0.0655. The van der Waals surface area contributed by atoms with Gasteiger partial charge in [0.15, 0.2) is 0 Å². The fraction of sp³-hybridized carbons (Fsp3) is 0.714. The van der Waals surface area contributed by atoms with E-state index < -0.39 is 17.9 Å². The predicted octanol–water partition coefficient (Wildman–Crippen LogP) is -0.619. The second-order valence-electron chi connectivity index (χ2n) is 2.96. The molecule has 1 saturated heterocycles. The predicted molar refractivity (Wildman–Crippen MR) is 39.7 cm³/mol. The van der Waals surface area contributed by atoms with E-state index in [2.05, 4.69) is 5.32 Å². The molecule has 3 N–H and O–H groups in total. The Morgan fingerprint density at radius 1 is 1.33 bits per heavy atom. The number of aliphatic carboxylic acids is 2. The van der Waals surface area contributed by atoms with Crippen molar-refractivity contribution >= 4 is 11.9 Å². The van der Waals surface area contributed by atoms with E-state index in [1.165, 1.54) is 0 Å². The van der Waals surface area contributed by atoms with E-state index in [4.69, 9.17) is 10.2 Å². The van der Waals surface area contributed by atoms with Crippen molar-refractivity contribution in [2.75, 3.05) is 13.1 Å². The van der Waals surface area contributed by atoms with Crippen LogP contribution < -0.4 is 5.32 Å². The van der Waals surface area contributed by atoms with Crippen LogP contribution in [-0.2, 0) is 9.59 Å². The van der Waals surface area contributed by atoms with E-state index in [0.717, 1.165) is 0 Å². The molecule has 0 aromatic rings. The topological polar surface area (TPSA) is 86.6 Å². The van der Waals surface area contributed by atoms with Gasteiger partial charge in [0.25, 0.3) is 0 Å². The molecule has 2 atom stereocenters. The highest BCUT2D eigenvalue weighted by Crippen LogP contribution is 2.20. The van der Waals surface area contributed by atoms with Crippen molar-refractivity contribution in [1.82, 2.24) is 5.32 Å². The van der Waals surface area contributed by atoms with Gasteiger partial charge in [-0.15, -0.1) is 0 Å². The number of nitrogens with one attached hydrogen (secondary N) is 1. The van der Waals surface area contributed by atoms with Gasteiger partial charge in [0.05, 0.1) is 12.3 Å². The van der Waals surface area contributed by atoms with Gasteiger partial charge in [0.2, 0.25) is 0 Å². The molecule has 0 unspecified atom stereocenters. The molecule has 68 valence electrons. The van der Waals surface area contributed by atoms with E-state index in [1.807, 2.05) is 0 Å². The highest BCUT2D eigenvalue weighted by molar-refractivity contribution is 5.73. The molecule has 12 heavy (non-hydrogen) atoms. The lowest BCUT2D eigenvalue weighted by Gasteiger charge is -2.10. The standard InChI is InChI=1S/C7H11NO4/c9-6(10)1-4-2-8-3-5(4)7(11)12/h4-5,8H,1-3H2,(H,9,10)(H,11,12)/t4-,5-/m0/s1. The first kappa shape index (κ1) is 8.99. The Bertz CT molecular complexity index is 204. The molecule has 1 aliphatic rings. The van der Waals surface area contributed by atoms with Crippen molar-refractivity contribution in [3.8, 4) is 0 Å². The lowest BCUT2D eigenvalue weighted by Crippen LogP contribution is -2.24. The van der Waals surface area contributed by atoms with Crippen LogP contribution in [0.25, 0.3) is 0 Å². The van der Waals surface area contributed by atoms with Crippen molar-refractivity contribution < 1.29 is 19.8 Å². The Morgan fingerprint density at radius 3 is 2.50 bits per heavy atom. The first-order valence-electron chi connectivity index (χ1n) is 3.76. The van der Waals surface area contributed by atoms with Crippen LogP contribution in [0.1, 0.15) is 6.42 Å². The zero-order valence-corrected chi connectivity index (χ0v) is 6.49. The summed E-state index contributed by atoms with van der Waals surface area (Å²) in [4.78, 5) is 20.9. The maximum Gasteiger partial charge on any atom is 0.308 e. The maximum atomic E-state index is 10.6. The molecule has 0 radical (unpaired) electrons. The molecular formula is C7H11NO4. The number of hydrogen-bond acceptors (Lipinski definition) is 3. The van der Waals surface area contributed by atoms with Crippen LogP contribution in [0.15, 0.2) is 0 Å². The summed E-state index contributed by atoms with van der Waals surface area (Å²) in [5.74, 6) is -2.65. The summed E-state index contributed by atoms with van der Waals surface area (Å²) in [5, 5.41) is 20.0. The van der Waals surface area contributed by atoms with Crippen molar-refractivity contribution in [3.63, 3.8) is 0 Å². The summed E-state index contributed by atoms with van der Waals surface area (Å²) in [5.41, 5.74) is 0. The Kier molecular flexibility index (Phi) is 2.65. The molecule has 0 bridgehead atoms. The third kappa shape index (κ3) is 1.94. The van der Waals surface area contributed by atoms with Crippen LogP contribution in [0.4, 0.5) is 0 Å². The minimum absolute atomic E-state index is 0.0655. The van der Waals surface area contributed by atoms with Crippen molar-refractivity contribution in [1.29, 1.82) is 0 Å². The highest BCUT2D eigenvalue weighted by Gasteiger charge is 2.33. The molecule has 0 saturated carbocycles. The van der Waals surface area contributed by atoms with Gasteiger partial charge in [-0.2, -0.15) is 0 Å². The van der Waals surface area contributed by atoms with Crippen LogP contribution in [0.2, 0.25) is 0 Å². The second-order valence-corrected chi connectivity index (χ2v) is 2.96. The van der Waals surface area contributed by atoms with E-state index in [9.17, 15) is 9.59 Å². The molecule has 0 aromatic heterocycles. The summed E-state index contributed by atoms with van der Waals surface area (Å²) in [7, 11) is 0. The van der Waals surface area contributed by atoms with Gasteiger partial charge in [-0.1, -0.05) is 0 Å². The lowest BCUT2D eigenvalue weighted by molar-refractivity contribution is -0.143. The molecule has 0 aliphatic carbocycles. The normalized spacial score (nSPS) is 28.7. The second kappa shape index (κ2) is 3.53. The van der Waals surface area contributed by atoms with Gasteiger partial charge in [-0.3, -0.25) is 9.59 Å². The van der Waals surface area contributed by atoms with Gasteiger partial charge >= 0.3 is 11.9 Å². The van der Waals surface area contributed by atoms with Crippen LogP contribution in [0.3, 0.4) is 0 Å². The van der Waals surface area contributed by atoms with E-state index >= 15 is 0 Å². The Hall–Kier alpha value is -1.10. The van der Waals surface area contributed by atoms with Crippen LogP contribution >= 0.6 is 0 Å². The molecule has 1 rings (SSSR count). The monoisotopic (exact) mass is 173 g/mol. The van der Waals surface area contributed by atoms with E-state index in [0.29, 0.717) is 13.1 Å². The number of rotatable bonds is 3. The molecular weight excluding hydrogens is 162 g/mol. The number of carbonyl (C=O) groups is 2. The van der Waals surface area contributed by atoms with Gasteiger partial charge in [0.1, 0.15) is 0 Å². The van der Waals surface area contributed by atoms with Crippen LogP contribution in [0, 0.1) is 11.8 Å². The van der Waals surface area contributed by atoms with Gasteiger partial charge in [0, 0.05) is 6.54 Å². The average Bonchev–Trinajstić information content (AvgIpc) is 2.33. The SMILES string of the molecule is O=C(O)C[C@H]1CNC[C@@H]1C(=O)O. The molecule has 5 heteroatoms. The third-order valence-electron chi connectivity index (χ3n) is 2.09. The smallest absolute Gasteiger partial charge is 0.308 e. The summed E-state index contributed by atoms with van der Waals surface area (Å²) >= 11 is 0. The first-order valence-corrected chi connectivity index (χ1v) is 3.76. The largest absolute Gasteiger partial charge is 0.481 e. The van der Waals surface area contributed by atoms with Crippen molar-refractivity contribution in [2.45, 2.75) is 6.42 Å². The summed E-state index contributed by atoms with van der Waals surface area (Å²) in [6.45, 7) is 0.872. The summed E-state index contributed by atoms with van der Waals surface area (Å²) in [6, 6.07) is 0. The van der Waals surface area contributed by atoms with Crippen molar-refractivity contribution in [3.05, 3.63) is 0 Å². The first-order chi connectivity index (χ1) is 5.61. The zero-order chi connectivity index (χ0) is 9.14. The molecule has 0 amide bonds. The third-order valence-corrected chi connectivity index (χ3v) is 2.09. The summed E-state index contributed by atoms with van der Waals surface area (Å²) < 4.78 is 0. The molecule has 0 aromatic carbocycles. The number of carboxylic acids is 2. The fourth-order valence-electron chi connectivity index (χ4n) is 1.46.